The van der Waals surface area contributed by atoms with Crippen molar-refractivity contribution in [2.45, 2.75) is 32.6 Å². The molecule has 0 aromatic carbocycles. The van der Waals surface area contributed by atoms with Gasteiger partial charge in [-0.15, -0.1) is 0 Å². The van der Waals surface area contributed by atoms with Crippen LogP contribution in [-0.2, 0) is 0 Å². The third-order valence-electron chi connectivity index (χ3n) is 4.80. The average Bonchev–Trinajstić information content (AvgIpc) is 3.14. The van der Waals surface area contributed by atoms with Crippen LogP contribution in [0.1, 0.15) is 46.3 Å². The van der Waals surface area contributed by atoms with E-state index in [9.17, 15) is 4.79 Å². The molecule has 3 aromatic rings. The second kappa shape index (κ2) is 7.26. The van der Waals surface area contributed by atoms with Gasteiger partial charge in [0.2, 0.25) is 0 Å². The number of nitrogens with zero attached hydrogens (tertiary/aromatic N) is 5. The number of aromatic amines is 1. The lowest BCUT2D eigenvalue weighted by atomic mass is 9.96. The lowest BCUT2D eigenvalue weighted by molar-refractivity contribution is 0.0704. The van der Waals surface area contributed by atoms with Gasteiger partial charge < -0.3 is 9.88 Å². The van der Waals surface area contributed by atoms with Gasteiger partial charge in [-0.1, -0.05) is 0 Å². The number of aromatic nitrogens is 5. The van der Waals surface area contributed by atoms with E-state index < -0.39 is 0 Å². The molecule has 1 N–H and O–H groups in total. The van der Waals surface area contributed by atoms with E-state index in [0.717, 1.165) is 48.1 Å². The molecule has 7 nitrogen and oxygen atoms in total. The van der Waals surface area contributed by atoms with Gasteiger partial charge in [0, 0.05) is 49.0 Å². The van der Waals surface area contributed by atoms with Gasteiger partial charge >= 0.3 is 0 Å². The highest BCUT2D eigenvalue weighted by Crippen LogP contribution is 2.27. The first-order valence-electron chi connectivity index (χ1n) is 9.17. The fraction of sp³-hybridized carbons (Fsp3) is 0.350. The minimum atomic E-state index is 0.0161. The molecular weight excluding hydrogens is 340 g/mol. The Morgan fingerprint density at radius 2 is 2.15 bits per heavy atom. The van der Waals surface area contributed by atoms with E-state index in [1.165, 1.54) is 0 Å². The predicted octanol–water partition coefficient (Wildman–Crippen LogP) is 2.90. The molecule has 1 saturated heterocycles. The molecule has 4 rings (SSSR count). The molecule has 1 atom stereocenters. The van der Waals surface area contributed by atoms with Crippen LogP contribution in [0.2, 0.25) is 0 Å². The number of hydrogen-bond acceptors (Lipinski definition) is 5. The smallest absolute Gasteiger partial charge is 0.255 e. The van der Waals surface area contributed by atoms with Crippen LogP contribution in [0.15, 0.2) is 36.8 Å². The summed E-state index contributed by atoms with van der Waals surface area (Å²) < 4.78 is 0. The molecule has 0 spiro atoms. The Bertz CT molecular complexity index is 952. The number of amides is 1. The number of piperidine rings is 1. The number of rotatable bonds is 3. The van der Waals surface area contributed by atoms with Crippen LogP contribution < -0.4 is 0 Å². The Kier molecular flexibility index (Phi) is 4.66. The highest BCUT2D eigenvalue weighted by atomic mass is 16.2. The Morgan fingerprint density at radius 1 is 1.26 bits per heavy atom. The third kappa shape index (κ3) is 3.72. The summed E-state index contributed by atoms with van der Waals surface area (Å²) in [6, 6.07) is 5.53. The van der Waals surface area contributed by atoms with E-state index in [1.54, 1.807) is 30.7 Å². The van der Waals surface area contributed by atoms with Crippen LogP contribution in [0, 0.1) is 13.8 Å². The van der Waals surface area contributed by atoms with E-state index in [-0.39, 0.29) is 11.8 Å². The average molecular weight is 362 g/mol. The van der Waals surface area contributed by atoms with Crippen LogP contribution in [0.4, 0.5) is 0 Å². The van der Waals surface area contributed by atoms with Crippen LogP contribution >= 0.6 is 0 Å². The summed E-state index contributed by atoms with van der Waals surface area (Å²) >= 11 is 0. The van der Waals surface area contributed by atoms with Gasteiger partial charge in [0.05, 0.1) is 5.56 Å². The Balaban J connectivity index is 1.58. The molecule has 27 heavy (non-hydrogen) atoms. The standard InChI is InChI=1S/C20H22N6O/c1-13-9-17(19-22-10-14(2)24-19)25-18(23-13)16-6-4-8-26(12-16)20(27)15-5-3-7-21-11-15/h3,5,7,9-11,16H,4,6,8,12H2,1-2H3,(H,22,24). The number of nitrogens with one attached hydrogen (secondary N) is 1. The fourth-order valence-electron chi connectivity index (χ4n) is 3.48. The molecule has 1 aliphatic rings. The molecule has 1 aliphatic heterocycles. The Labute approximate surface area is 157 Å². The molecular formula is C20H22N6O. The van der Waals surface area contributed by atoms with Crippen LogP contribution in [-0.4, -0.2) is 48.8 Å². The van der Waals surface area contributed by atoms with Gasteiger partial charge in [0.15, 0.2) is 5.82 Å². The number of carbonyl (C=O) groups excluding carboxylic acids is 1. The van der Waals surface area contributed by atoms with Crippen LogP contribution in [0.25, 0.3) is 11.5 Å². The third-order valence-corrected chi connectivity index (χ3v) is 4.80. The monoisotopic (exact) mass is 362 g/mol. The summed E-state index contributed by atoms with van der Waals surface area (Å²) in [6.07, 6.45) is 6.99. The second-order valence-electron chi connectivity index (χ2n) is 7.00. The zero-order valence-electron chi connectivity index (χ0n) is 15.5. The van der Waals surface area contributed by atoms with E-state index in [4.69, 9.17) is 4.98 Å². The number of carbonyl (C=O) groups is 1. The lowest BCUT2D eigenvalue weighted by Crippen LogP contribution is -2.39. The molecule has 0 aliphatic carbocycles. The molecule has 0 radical (unpaired) electrons. The highest BCUT2D eigenvalue weighted by Gasteiger charge is 2.27. The molecule has 1 amide bonds. The SMILES string of the molecule is Cc1cc(-c2ncc(C)[nH]2)nc(C2CCCN(C(=O)c3cccnc3)C2)n1. The van der Waals surface area contributed by atoms with Gasteiger partial charge in [-0.25, -0.2) is 15.0 Å². The molecule has 4 heterocycles. The first-order chi connectivity index (χ1) is 13.1. The number of imidazole rings is 1. The number of H-pyrrole nitrogens is 1. The molecule has 138 valence electrons. The van der Waals surface area contributed by atoms with Crippen LogP contribution in [0.3, 0.4) is 0 Å². The van der Waals surface area contributed by atoms with Gasteiger partial charge in [-0.2, -0.15) is 0 Å². The predicted molar refractivity (Wildman–Crippen MR) is 101 cm³/mol. The quantitative estimate of drug-likeness (QED) is 0.774. The molecule has 0 saturated carbocycles. The van der Waals surface area contributed by atoms with E-state index in [2.05, 4.69) is 19.9 Å². The van der Waals surface area contributed by atoms with Crippen molar-refractivity contribution in [2.75, 3.05) is 13.1 Å². The number of pyridine rings is 1. The summed E-state index contributed by atoms with van der Waals surface area (Å²) in [5, 5.41) is 0. The first-order valence-corrected chi connectivity index (χ1v) is 9.17. The minimum Gasteiger partial charge on any atom is -0.341 e. The van der Waals surface area contributed by atoms with Gasteiger partial charge in [-0.3, -0.25) is 9.78 Å². The summed E-state index contributed by atoms with van der Waals surface area (Å²) in [5.74, 6) is 1.66. The van der Waals surface area contributed by atoms with Crippen molar-refractivity contribution in [1.29, 1.82) is 0 Å². The second-order valence-corrected chi connectivity index (χ2v) is 7.00. The van der Waals surface area contributed by atoms with Crippen molar-refractivity contribution in [2.24, 2.45) is 0 Å². The van der Waals surface area contributed by atoms with E-state index in [0.29, 0.717) is 12.1 Å². The van der Waals surface area contributed by atoms with Crippen molar-refractivity contribution in [3.05, 3.63) is 59.6 Å². The van der Waals surface area contributed by atoms with Gasteiger partial charge in [0.1, 0.15) is 11.5 Å². The number of aryl methyl sites for hydroxylation is 2. The summed E-state index contributed by atoms with van der Waals surface area (Å²) in [6.45, 7) is 5.30. The Hall–Kier alpha value is -3.09. The molecule has 1 unspecified atom stereocenters. The maximum absolute atomic E-state index is 12.8. The van der Waals surface area contributed by atoms with Crippen molar-refractivity contribution in [1.82, 2.24) is 29.8 Å². The van der Waals surface area contributed by atoms with Gasteiger partial charge in [0.25, 0.3) is 5.91 Å². The topological polar surface area (TPSA) is 87.7 Å². The lowest BCUT2D eigenvalue weighted by Gasteiger charge is -2.32. The number of likely N-dealkylation sites (tertiary alicyclic amines) is 1. The van der Waals surface area contributed by atoms with E-state index >= 15 is 0 Å². The fourth-order valence-corrected chi connectivity index (χ4v) is 3.48. The van der Waals surface area contributed by atoms with Crippen molar-refractivity contribution in [3.8, 4) is 11.5 Å². The molecule has 1 fully saturated rings. The molecule has 7 heteroatoms. The summed E-state index contributed by atoms with van der Waals surface area (Å²) in [4.78, 5) is 35.7. The Morgan fingerprint density at radius 3 is 2.89 bits per heavy atom. The van der Waals surface area contributed by atoms with Crippen molar-refractivity contribution < 1.29 is 4.79 Å². The van der Waals surface area contributed by atoms with Gasteiger partial charge in [-0.05, 0) is 44.9 Å². The maximum atomic E-state index is 12.8. The minimum absolute atomic E-state index is 0.0161. The highest BCUT2D eigenvalue weighted by molar-refractivity contribution is 5.94. The summed E-state index contributed by atoms with van der Waals surface area (Å²) in [7, 11) is 0. The maximum Gasteiger partial charge on any atom is 0.255 e. The normalized spacial score (nSPS) is 17.1. The number of hydrogen-bond donors (Lipinski definition) is 1. The van der Waals surface area contributed by atoms with Crippen molar-refractivity contribution in [3.63, 3.8) is 0 Å². The molecule has 0 bridgehead atoms. The van der Waals surface area contributed by atoms with E-state index in [1.807, 2.05) is 24.8 Å². The van der Waals surface area contributed by atoms with Crippen LogP contribution in [0.5, 0.6) is 0 Å². The zero-order valence-corrected chi connectivity index (χ0v) is 15.5. The first kappa shape index (κ1) is 17.3. The zero-order chi connectivity index (χ0) is 18.8. The molecule has 3 aromatic heterocycles. The summed E-state index contributed by atoms with van der Waals surface area (Å²) in [5.41, 5.74) is 3.31. The largest absolute Gasteiger partial charge is 0.341 e. The van der Waals surface area contributed by atoms with Crippen molar-refractivity contribution >= 4 is 5.91 Å².